The molecule has 0 spiro atoms. The molecule has 70 valence electrons. The van der Waals surface area contributed by atoms with Crippen molar-refractivity contribution in [2.24, 2.45) is 5.18 Å². The van der Waals surface area contributed by atoms with Crippen LogP contribution in [0.4, 0.5) is 0 Å². The highest BCUT2D eigenvalue weighted by Crippen LogP contribution is 2.10. The first-order valence-corrected chi connectivity index (χ1v) is 4.68. The van der Waals surface area contributed by atoms with Gasteiger partial charge in [0.2, 0.25) is 0 Å². The Kier molecular flexibility index (Phi) is 4.16. The first-order chi connectivity index (χ1) is 6.34. The maximum absolute atomic E-state index is 9.83. The summed E-state index contributed by atoms with van der Waals surface area (Å²) < 4.78 is 0. The lowest BCUT2D eigenvalue weighted by Gasteiger charge is -2.03. The molecule has 13 heavy (non-hydrogen) atoms. The van der Waals surface area contributed by atoms with Crippen molar-refractivity contribution >= 4 is 0 Å². The third-order valence-electron chi connectivity index (χ3n) is 2.21. The van der Waals surface area contributed by atoms with Crippen molar-refractivity contribution < 1.29 is 0 Å². The molecular formula is C11H15NO. The zero-order valence-electron chi connectivity index (χ0n) is 7.99. The van der Waals surface area contributed by atoms with E-state index in [9.17, 15) is 4.91 Å². The van der Waals surface area contributed by atoms with Gasteiger partial charge in [0.15, 0.2) is 0 Å². The standard InChI is InChI=1S/C11H15NO/c1-10-6-2-3-7-11(10)8-4-5-9-12-13/h2-3,6-7H,4-5,8-9H2,1H3. The smallest absolute Gasteiger partial charge is 0.0811 e. The Morgan fingerprint density at radius 1 is 1.23 bits per heavy atom. The summed E-state index contributed by atoms with van der Waals surface area (Å²) in [6.45, 7) is 2.57. The second kappa shape index (κ2) is 5.46. The number of rotatable bonds is 5. The minimum absolute atomic E-state index is 0.450. The van der Waals surface area contributed by atoms with Gasteiger partial charge in [0, 0.05) is 0 Å². The molecule has 0 heterocycles. The summed E-state index contributed by atoms with van der Waals surface area (Å²) >= 11 is 0. The van der Waals surface area contributed by atoms with E-state index < -0.39 is 0 Å². The van der Waals surface area contributed by atoms with Crippen LogP contribution in [0, 0.1) is 11.8 Å². The van der Waals surface area contributed by atoms with Gasteiger partial charge in [-0.15, -0.1) is 0 Å². The van der Waals surface area contributed by atoms with Gasteiger partial charge in [-0.3, -0.25) is 0 Å². The lowest BCUT2D eigenvalue weighted by molar-refractivity contribution is 0.741. The predicted molar refractivity (Wildman–Crippen MR) is 54.8 cm³/mol. The lowest BCUT2D eigenvalue weighted by atomic mass is 10.0. The minimum Gasteiger partial charge on any atom is -0.151 e. The van der Waals surface area contributed by atoms with Crippen molar-refractivity contribution in [1.29, 1.82) is 0 Å². The molecule has 0 saturated carbocycles. The van der Waals surface area contributed by atoms with Crippen molar-refractivity contribution in [2.45, 2.75) is 26.2 Å². The summed E-state index contributed by atoms with van der Waals surface area (Å²) in [4.78, 5) is 9.83. The van der Waals surface area contributed by atoms with E-state index in [1.54, 1.807) is 0 Å². The molecule has 0 aliphatic heterocycles. The minimum atomic E-state index is 0.450. The molecule has 0 fully saturated rings. The third kappa shape index (κ3) is 3.36. The van der Waals surface area contributed by atoms with E-state index in [1.807, 2.05) is 6.07 Å². The number of hydrogen-bond donors (Lipinski definition) is 0. The maximum Gasteiger partial charge on any atom is 0.0811 e. The molecule has 1 rings (SSSR count). The molecule has 0 aromatic heterocycles. The average Bonchev–Trinajstić information content (AvgIpc) is 2.15. The molecule has 2 nitrogen and oxygen atoms in total. The third-order valence-corrected chi connectivity index (χ3v) is 2.21. The molecule has 0 unspecified atom stereocenters. The van der Waals surface area contributed by atoms with Gasteiger partial charge in [0.1, 0.15) is 0 Å². The fourth-order valence-electron chi connectivity index (χ4n) is 1.38. The number of nitroso groups, excluding NO2 is 1. The largest absolute Gasteiger partial charge is 0.151 e. The highest BCUT2D eigenvalue weighted by atomic mass is 16.3. The molecule has 0 amide bonds. The second-order valence-electron chi connectivity index (χ2n) is 3.24. The Labute approximate surface area is 79.0 Å². The first-order valence-electron chi connectivity index (χ1n) is 4.68. The van der Waals surface area contributed by atoms with Gasteiger partial charge in [-0.1, -0.05) is 29.4 Å². The van der Waals surface area contributed by atoms with Crippen molar-refractivity contribution in [3.05, 3.63) is 40.3 Å². The number of nitrogens with zero attached hydrogens (tertiary/aromatic N) is 1. The molecule has 0 radical (unpaired) electrons. The van der Waals surface area contributed by atoms with Gasteiger partial charge >= 0.3 is 0 Å². The van der Waals surface area contributed by atoms with Crippen LogP contribution >= 0.6 is 0 Å². The van der Waals surface area contributed by atoms with E-state index in [1.165, 1.54) is 11.1 Å². The summed E-state index contributed by atoms with van der Waals surface area (Å²) in [6.07, 6.45) is 3.01. The summed E-state index contributed by atoms with van der Waals surface area (Å²) in [5.41, 5.74) is 2.72. The number of benzene rings is 1. The average molecular weight is 177 g/mol. The second-order valence-corrected chi connectivity index (χ2v) is 3.24. The molecule has 0 aliphatic rings. The van der Waals surface area contributed by atoms with Crippen molar-refractivity contribution in [3.8, 4) is 0 Å². The van der Waals surface area contributed by atoms with Crippen LogP contribution in [0.3, 0.4) is 0 Å². The molecular weight excluding hydrogens is 162 g/mol. The molecule has 0 N–H and O–H groups in total. The Morgan fingerprint density at radius 3 is 2.69 bits per heavy atom. The topological polar surface area (TPSA) is 29.4 Å². The van der Waals surface area contributed by atoms with Gasteiger partial charge in [-0.25, -0.2) is 0 Å². The molecule has 0 aliphatic carbocycles. The van der Waals surface area contributed by atoms with Crippen LogP contribution in [-0.4, -0.2) is 6.54 Å². The molecule has 0 saturated heterocycles. The summed E-state index contributed by atoms with van der Waals surface area (Å²) in [6, 6.07) is 8.36. The first kappa shape index (κ1) is 9.90. The Bertz CT molecular complexity index is 271. The van der Waals surface area contributed by atoms with Crippen molar-refractivity contribution in [2.75, 3.05) is 6.54 Å². The van der Waals surface area contributed by atoms with E-state index in [4.69, 9.17) is 0 Å². The fraction of sp³-hybridized carbons (Fsp3) is 0.455. The van der Waals surface area contributed by atoms with Gasteiger partial charge in [0.25, 0.3) is 0 Å². The summed E-state index contributed by atoms with van der Waals surface area (Å²) in [5, 5.41) is 2.84. The Hall–Kier alpha value is -1.18. The predicted octanol–water partition coefficient (Wildman–Crippen LogP) is 3.08. The maximum atomic E-state index is 9.83. The molecule has 1 aromatic rings. The van der Waals surface area contributed by atoms with Gasteiger partial charge < -0.3 is 0 Å². The van der Waals surface area contributed by atoms with Crippen molar-refractivity contribution in [3.63, 3.8) is 0 Å². The van der Waals surface area contributed by atoms with Crippen molar-refractivity contribution in [1.82, 2.24) is 0 Å². The van der Waals surface area contributed by atoms with Gasteiger partial charge in [-0.2, -0.15) is 4.91 Å². The van der Waals surface area contributed by atoms with E-state index in [-0.39, 0.29) is 0 Å². The van der Waals surface area contributed by atoms with Gasteiger partial charge in [-0.05, 0) is 37.3 Å². The van der Waals surface area contributed by atoms with E-state index >= 15 is 0 Å². The van der Waals surface area contributed by atoms with E-state index in [0.29, 0.717) is 6.54 Å². The highest BCUT2D eigenvalue weighted by Gasteiger charge is 1.96. The van der Waals surface area contributed by atoms with Crippen LogP contribution < -0.4 is 0 Å². The van der Waals surface area contributed by atoms with Crippen LogP contribution in [0.5, 0.6) is 0 Å². The van der Waals surface area contributed by atoms with Crippen LogP contribution in [0.1, 0.15) is 24.0 Å². The van der Waals surface area contributed by atoms with Crippen LogP contribution in [0.2, 0.25) is 0 Å². The lowest BCUT2D eigenvalue weighted by Crippen LogP contribution is -1.90. The SMILES string of the molecule is Cc1ccccc1CCCCN=O. The Balaban J connectivity index is 2.36. The quantitative estimate of drug-likeness (QED) is 0.502. The van der Waals surface area contributed by atoms with Crippen LogP contribution in [0.25, 0.3) is 0 Å². The zero-order valence-corrected chi connectivity index (χ0v) is 7.99. The molecule has 0 atom stereocenters. The summed E-state index contributed by atoms with van der Waals surface area (Å²) in [5.74, 6) is 0. The van der Waals surface area contributed by atoms with E-state index in [2.05, 4.69) is 30.3 Å². The number of hydrogen-bond acceptors (Lipinski definition) is 2. The zero-order chi connectivity index (χ0) is 9.52. The number of unbranched alkanes of at least 4 members (excludes halogenated alkanes) is 1. The molecule has 0 bridgehead atoms. The normalized spacial score (nSPS) is 9.92. The van der Waals surface area contributed by atoms with Crippen LogP contribution in [-0.2, 0) is 6.42 Å². The highest BCUT2D eigenvalue weighted by molar-refractivity contribution is 5.25. The number of aryl methyl sites for hydroxylation is 2. The Morgan fingerprint density at radius 2 is 2.00 bits per heavy atom. The molecule has 2 heteroatoms. The summed E-state index contributed by atoms with van der Waals surface area (Å²) in [7, 11) is 0. The van der Waals surface area contributed by atoms with Crippen LogP contribution in [0.15, 0.2) is 29.4 Å². The van der Waals surface area contributed by atoms with Gasteiger partial charge in [0.05, 0.1) is 6.54 Å². The fourth-order valence-corrected chi connectivity index (χ4v) is 1.38. The monoisotopic (exact) mass is 177 g/mol. The van der Waals surface area contributed by atoms with E-state index in [0.717, 1.165) is 19.3 Å². The molecule has 1 aromatic carbocycles.